The Bertz CT molecular complexity index is 574. The lowest BCUT2D eigenvalue weighted by molar-refractivity contribution is -0.136. The lowest BCUT2D eigenvalue weighted by atomic mass is 10.1. The fraction of sp³-hybridized carbons (Fsp3) is 0.600. The molecule has 1 saturated heterocycles. The molecule has 0 aliphatic carbocycles. The predicted molar refractivity (Wildman–Crippen MR) is 106 cm³/mol. The van der Waals surface area contributed by atoms with E-state index in [1.807, 2.05) is 21.1 Å². The highest BCUT2D eigenvalue weighted by Crippen LogP contribution is 2.29. The van der Waals surface area contributed by atoms with Gasteiger partial charge < -0.3 is 9.26 Å². The molecule has 0 spiro atoms. The van der Waals surface area contributed by atoms with Crippen molar-refractivity contribution < 1.29 is 14.1 Å². The Balaban J connectivity index is 2.11. The Kier molecular flexibility index (Phi) is 7.46. The molecule has 0 N–H and O–H groups in total. The topological polar surface area (TPSA) is 51.7 Å². The number of rotatable bonds is 6. The first-order valence-electron chi connectivity index (χ1n) is 7.58. The van der Waals surface area contributed by atoms with E-state index in [0.717, 1.165) is 28.5 Å². The largest absolute Gasteiger partial charge is 0.473 e. The number of carbonyl (C=O) groups excluding carboxylic acids is 1. The van der Waals surface area contributed by atoms with Gasteiger partial charge in [0.2, 0.25) is 5.88 Å². The molecule has 2 heterocycles. The van der Waals surface area contributed by atoms with E-state index in [9.17, 15) is 4.79 Å². The third-order valence-corrected chi connectivity index (χ3v) is 5.58. The lowest BCUT2D eigenvalue weighted by Gasteiger charge is -2.17. The van der Waals surface area contributed by atoms with E-state index < -0.39 is 0 Å². The summed E-state index contributed by atoms with van der Waals surface area (Å²) in [5.74, 6) is 0.435. The van der Waals surface area contributed by atoms with Crippen LogP contribution in [0, 0.1) is 13.8 Å². The number of carbonyl (C=O) groups is 1. The van der Waals surface area contributed by atoms with E-state index >= 15 is 0 Å². The normalized spacial score (nSPS) is 21.4. The monoisotopic (exact) mass is 468 g/mol. The Morgan fingerprint density at radius 1 is 1.52 bits per heavy atom. The van der Waals surface area contributed by atoms with Gasteiger partial charge in [-0.3, -0.25) is 9.46 Å². The SMILES string of the molecule is Cc1cc(CCCI)c(C)c(OC2CC(C(=O)OP)N(P)C2)n1. The van der Waals surface area contributed by atoms with Crippen LogP contribution in [0.1, 0.15) is 29.7 Å². The molecule has 0 bridgehead atoms. The maximum atomic E-state index is 11.7. The molecule has 4 atom stereocenters. The van der Waals surface area contributed by atoms with E-state index in [4.69, 9.17) is 9.26 Å². The van der Waals surface area contributed by atoms with Gasteiger partial charge in [-0.15, -0.1) is 0 Å². The number of ether oxygens (including phenoxy) is 1. The van der Waals surface area contributed by atoms with Gasteiger partial charge >= 0.3 is 5.97 Å². The molecule has 1 aliphatic heterocycles. The highest BCUT2D eigenvalue weighted by molar-refractivity contribution is 14.1. The molecule has 0 aromatic carbocycles. The zero-order chi connectivity index (χ0) is 17.0. The molecule has 2 rings (SSSR count). The van der Waals surface area contributed by atoms with Crippen LogP contribution in [0.4, 0.5) is 0 Å². The van der Waals surface area contributed by atoms with Gasteiger partial charge in [-0.25, -0.2) is 4.98 Å². The van der Waals surface area contributed by atoms with Crippen LogP contribution in [0.25, 0.3) is 0 Å². The minimum Gasteiger partial charge on any atom is -0.473 e. The fourth-order valence-electron chi connectivity index (χ4n) is 2.78. The average molecular weight is 468 g/mol. The molecular formula is C15H23IN2O3P2. The summed E-state index contributed by atoms with van der Waals surface area (Å²) in [6.45, 7) is 4.71. The van der Waals surface area contributed by atoms with Crippen molar-refractivity contribution in [3.8, 4) is 5.88 Å². The van der Waals surface area contributed by atoms with Crippen LogP contribution >= 0.6 is 41.4 Å². The van der Waals surface area contributed by atoms with E-state index in [-0.39, 0.29) is 18.1 Å². The summed E-state index contributed by atoms with van der Waals surface area (Å²) in [6.07, 6.45) is 2.73. The molecule has 1 aliphatic rings. The maximum absolute atomic E-state index is 11.7. The molecule has 1 fully saturated rings. The molecule has 8 heteroatoms. The summed E-state index contributed by atoms with van der Waals surface area (Å²) in [5, 5.41) is 0. The van der Waals surface area contributed by atoms with Crippen molar-refractivity contribution in [1.82, 2.24) is 9.65 Å². The van der Waals surface area contributed by atoms with Crippen LogP contribution in [-0.2, 0) is 15.7 Å². The van der Waals surface area contributed by atoms with Gasteiger partial charge in [-0.1, -0.05) is 32.0 Å². The fourth-order valence-corrected chi connectivity index (χ4v) is 3.80. The molecule has 1 aromatic rings. The first-order valence-corrected chi connectivity index (χ1v) is 10.1. The molecule has 1 aromatic heterocycles. The summed E-state index contributed by atoms with van der Waals surface area (Å²) < 4.78 is 13.9. The van der Waals surface area contributed by atoms with Gasteiger partial charge in [-0.05, 0) is 42.7 Å². The second kappa shape index (κ2) is 8.89. The number of aromatic nitrogens is 1. The quantitative estimate of drug-likeness (QED) is 0.365. The summed E-state index contributed by atoms with van der Waals surface area (Å²) in [4.78, 5) is 16.3. The van der Waals surface area contributed by atoms with Gasteiger partial charge in [0.25, 0.3) is 0 Å². The summed E-state index contributed by atoms with van der Waals surface area (Å²) in [7, 11) is 4.59. The molecule has 0 saturated carbocycles. The van der Waals surface area contributed by atoms with Crippen molar-refractivity contribution in [3.63, 3.8) is 0 Å². The second-order valence-electron chi connectivity index (χ2n) is 5.77. The maximum Gasteiger partial charge on any atom is 0.325 e. The number of hydrogen-bond acceptors (Lipinski definition) is 5. The highest BCUT2D eigenvalue weighted by atomic mass is 127. The summed E-state index contributed by atoms with van der Waals surface area (Å²) >= 11 is 2.40. The lowest BCUT2D eigenvalue weighted by Crippen LogP contribution is -2.28. The minimum atomic E-state index is -0.286. The van der Waals surface area contributed by atoms with Crippen LogP contribution in [0.3, 0.4) is 0 Å². The van der Waals surface area contributed by atoms with Crippen LogP contribution in [0.5, 0.6) is 5.88 Å². The third kappa shape index (κ3) is 4.97. The van der Waals surface area contributed by atoms with E-state index in [1.54, 1.807) is 0 Å². The Hall–Kier alpha value is -0.0300. The minimum absolute atomic E-state index is 0.0629. The molecule has 4 unspecified atom stereocenters. The third-order valence-electron chi connectivity index (χ3n) is 4.01. The number of pyridine rings is 1. The van der Waals surface area contributed by atoms with Gasteiger partial charge in [0, 0.05) is 24.2 Å². The number of halogens is 1. The molecule has 5 nitrogen and oxygen atoms in total. The van der Waals surface area contributed by atoms with Gasteiger partial charge in [0.1, 0.15) is 12.1 Å². The van der Waals surface area contributed by atoms with Crippen LogP contribution in [0.2, 0.25) is 0 Å². The second-order valence-corrected chi connectivity index (χ2v) is 7.75. The zero-order valence-corrected chi connectivity index (χ0v) is 17.9. The summed E-state index contributed by atoms with van der Waals surface area (Å²) in [5.41, 5.74) is 3.37. The number of alkyl halides is 1. The van der Waals surface area contributed by atoms with Crippen molar-refractivity contribution in [2.75, 3.05) is 11.0 Å². The highest BCUT2D eigenvalue weighted by Gasteiger charge is 2.37. The van der Waals surface area contributed by atoms with Crippen LogP contribution in [-0.4, -0.2) is 38.7 Å². The van der Waals surface area contributed by atoms with Crippen molar-refractivity contribution in [2.24, 2.45) is 0 Å². The van der Waals surface area contributed by atoms with Crippen molar-refractivity contribution >= 4 is 47.4 Å². The first-order chi connectivity index (χ1) is 11.0. The van der Waals surface area contributed by atoms with Crippen molar-refractivity contribution in [2.45, 2.75) is 45.3 Å². The average Bonchev–Trinajstić information content (AvgIpc) is 2.88. The van der Waals surface area contributed by atoms with Crippen molar-refractivity contribution in [1.29, 1.82) is 0 Å². The molecule has 0 amide bonds. The number of hydrogen-bond donors (Lipinski definition) is 0. The zero-order valence-electron chi connectivity index (χ0n) is 13.4. The smallest absolute Gasteiger partial charge is 0.325 e. The Labute approximate surface area is 156 Å². The van der Waals surface area contributed by atoms with Gasteiger partial charge in [0.15, 0.2) is 0 Å². The van der Waals surface area contributed by atoms with E-state index in [1.165, 1.54) is 5.56 Å². The molecule has 128 valence electrons. The molecular weight excluding hydrogens is 445 g/mol. The summed E-state index contributed by atoms with van der Waals surface area (Å²) in [6, 6.07) is 1.85. The van der Waals surface area contributed by atoms with Gasteiger partial charge in [-0.2, -0.15) is 0 Å². The molecule has 0 radical (unpaired) electrons. The standard InChI is InChI=1S/C15H23IN2O3P2/c1-9-6-11(4-3-5-16)10(2)14(17-9)20-12-7-13(15(19)21-23)18(22)8-12/h6,12-13H,3-5,7-8,22-23H2,1-2H3. The van der Waals surface area contributed by atoms with Crippen LogP contribution in [0.15, 0.2) is 6.07 Å². The van der Waals surface area contributed by atoms with Crippen LogP contribution < -0.4 is 4.74 Å². The first kappa shape index (κ1) is 19.3. The van der Waals surface area contributed by atoms with Gasteiger partial charge in [0.05, 0.1) is 9.47 Å². The Morgan fingerprint density at radius 2 is 2.26 bits per heavy atom. The number of aryl methyl sites for hydroxylation is 2. The van der Waals surface area contributed by atoms with E-state index in [0.29, 0.717) is 18.8 Å². The Morgan fingerprint density at radius 3 is 2.91 bits per heavy atom. The van der Waals surface area contributed by atoms with Crippen molar-refractivity contribution in [3.05, 3.63) is 22.9 Å². The number of nitrogens with zero attached hydrogens (tertiary/aromatic N) is 2. The molecule has 23 heavy (non-hydrogen) atoms. The van der Waals surface area contributed by atoms with E-state index in [2.05, 4.69) is 50.0 Å². The predicted octanol–water partition coefficient (Wildman–Crippen LogP) is 3.01.